The van der Waals surface area contributed by atoms with Crippen LogP contribution in [-0.2, 0) is 30.4 Å². The number of benzene rings is 3. The molecular formula is C29H34N4O9S4. The van der Waals surface area contributed by atoms with Crippen LogP contribution in [0.5, 0.6) is 0 Å². The first-order valence-electron chi connectivity index (χ1n) is 13.0. The van der Waals surface area contributed by atoms with Gasteiger partial charge in [-0.2, -0.15) is 25.3 Å². The van der Waals surface area contributed by atoms with Crippen molar-refractivity contribution in [2.45, 2.75) is 13.8 Å². The Morgan fingerprint density at radius 3 is 1.63 bits per heavy atom. The minimum atomic E-state index is -3.67. The highest BCUT2D eigenvalue weighted by Gasteiger charge is 2.20. The second kappa shape index (κ2) is 16.5. The first-order valence-corrected chi connectivity index (χ1v) is 19.3. The highest BCUT2D eigenvalue weighted by atomic mass is 32.2. The lowest BCUT2D eigenvalue weighted by Crippen LogP contribution is -2.13. The van der Waals surface area contributed by atoms with Gasteiger partial charge in [0.1, 0.15) is 11.6 Å². The molecule has 0 saturated carbocycles. The molecule has 4 N–H and O–H groups in total. The SMILES string of the molecule is CS(=O)(=O)O.CS(=O)(=O)O.CS(=O)(=O)O.Cc1cc(N(c2ccccc2)c2nc3ccccc3s2)nc(Nc2ccccc2)c1C. The molecule has 0 aliphatic rings. The van der Waals surface area contributed by atoms with Crippen molar-refractivity contribution in [2.75, 3.05) is 29.0 Å². The monoisotopic (exact) mass is 710 g/mol. The second-order valence-electron chi connectivity index (χ2n) is 9.60. The van der Waals surface area contributed by atoms with Gasteiger partial charge in [-0.1, -0.05) is 59.9 Å². The minimum absolute atomic E-state index is 0.715. The molecule has 0 spiro atoms. The average molecular weight is 711 g/mol. The Kier molecular flexibility index (Phi) is 13.7. The Morgan fingerprint density at radius 2 is 1.13 bits per heavy atom. The molecule has 3 aromatic carbocycles. The molecule has 0 aliphatic heterocycles. The molecule has 2 heterocycles. The molecule has 0 fully saturated rings. The zero-order valence-electron chi connectivity index (χ0n) is 25.4. The van der Waals surface area contributed by atoms with Crippen molar-refractivity contribution in [3.8, 4) is 0 Å². The summed E-state index contributed by atoms with van der Waals surface area (Å²) in [6.45, 7) is 4.22. The number of nitrogens with zero attached hydrogens (tertiary/aromatic N) is 3. The molecule has 248 valence electrons. The van der Waals surface area contributed by atoms with Crippen LogP contribution in [-0.4, -0.2) is 67.6 Å². The molecule has 0 aliphatic carbocycles. The largest absolute Gasteiger partial charge is 0.340 e. The third-order valence-corrected chi connectivity index (χ3v) is 6.29. The van der Waals surface area contributed by atoms with E-state index in [0.29, 0.717) is 18.8 Å². The summed E-state index contributed by atoms with van der Waals surface area (Å²) in [5, 5.41) is 4.38. The first kappa shape index (κ1) is 38.2. The molecule has 5 rings (SSSR count). The third kappa shape index (κ3) is 15.3. The van der Waals surface area contributed by atoms with E-state index in [2.05, 4.69) is 54.4 Å². The molecule has 5 aromatic rings. The highest BCUT2D eigenvalue weighted by molar-refractivity contribution is 7.85. The number of hydrogen-bond donors (Lipinski definition) is 4. The van der Waals surface area contributed by atoms with Crippen molar-refractivity contribution in [2.24, 2.45) is 0 Å². The minimum Gasteiger partial charge on any atom is -0.340 e. The summed E-state index contributed by atoms with van der Waals surface area (Å²) in [7, 11) is -11.0. The van der Waals surface area contributed by atoms with Gasteiger partial charge in [0.2, 0.25) is 0 Å². The summed E-state index contributed by atoms with van der Waals surface area (Å²) in [4.78, 5) is 12.1. The predicted molar refractivity (Wildman–Crippen MR) is 184 cm³/mol. The zero-order chi connectivity index (χ0) is 34.7. The normalized spacial score (nSPS) is 11.1. The van der Waals surface area contributed by atoms with E-state index in [0.717, 1.165) is 43.9 Å². The van der Waals surface area contributed by atoms with Crippen LogP contribution in [0.1, 0.15) is 11.1 Å². The third-order valence-electron chi connectivity index (χ3n) is 5.27. The van der Waals surface area contributed by atoms with Crippen molar-refractivity contribution >= 4 is 80.0 Å². The summed E-state index contributed by atoms with van der Waals surface area (Å²) >= 11 is 1.67. The van der Waals surface area contributed by atoms with Crippen LogP contribution in [0.4, 0.5) is 28.1 Å². The Hall–Kier alpha value is -3.97. The van der Waals surface area contributed by atoms with Crippen LogP contribution in [0.25, 0.3) is 10.2 Å². The number of fused-ring (bicyclic) bond motifs is 1. The second-order valence-corrected chi connectivity index (χ2v) is 15.0. The van der Waals surface area contributed by atoms with E-state index in [1.807, 2.05) is 60.7 Å². The summed E-state index contributed by atoms with van der Waals surface area (Å²) in [6.07, 6.45) is 2.15. The first-order chi connectivity index (χ1) is 21.2. The number of hydrogen-bond acceptors (Lipinski definition) is 11. The van der Waals surface area contributed by atoms with Gasteiger partial charge in [-0.15, -0.1) is 0 Å². The Morgan fingerprint density at radius 1 is 0.674 bits per heavy atom. The van der Waals surface area contributed by atoms with Gasteiger partial charge < -0.3 is 5.32 Å². The fraction of sp³-hybridized carbons (Fsp3) is 0.172. The van der Waals surface area contributed by atoms with Gasteiger partial charge in [-0.3, -0.25) is 18.6 Å². The van der Waals surface area contributed by atoms with E-state index in [4.69, 9.17) is 23.6 Å². The van der Waals surface area contributed by atoms with E-state index in [-0.39, 0.29) is 0 Å². The molecule has 0 atom stereocenters. The van der Waals surface area contributed by atoms with Crippen LogP contribution in [0.3, 0.4) is 0 Å². The molecule has 17 heteroatoms. The number of nitrogens with one attached hydrogen (secondary N) is 1. The number of para-hydroxylation sites is 3. The van der Waals surface area contributed by atoms with E-state index < -0.39 is 30.4 Å². The van der Waals surface area contributed by atoms with Crippen molar-refractivity contribution in [3.05, 3.63) is 102 Å². The van der Waals surface area contributed by atoms with Gasteiger partial charge in [-0.05, 0) is 67.4 Å². The smallest absolute Gasteiger partial charge is 0.261 e. The number of anilines is 5. The molecule has 0 saturated heterocycles. The average Bonchev–Trinajstić information content (AvgIpc) is 3.34. The van der Waals surface area contributed by atoms with Crippen LogP contribution in [0, 0.1) is 13.8 Å². The standard InChI is InChI=1S/C26H22N4S.3CH4O3S/c1-18-17-24(29-25(19(18)2)27-20-11-5-3-6-12-20)30(21-13-7-4-8-14-21)26-28-22-15-9-10-16-23(22)31-26;3*1-5(2,3)4/h3-17H,1-2H3,(H,27,29);3*1H3,(H,2,3,4). The summed E-state index contributed by atoms with van der Waals surface area (Å²) < 4.78 is 78.8. The molecule has 0 radical (unpaired) electrons. The predicted octanol–water partition coefficient (Wildman–Crippen LogP) is 6.03. The Bertz CT molecular complexity index is 1930. The molecule has 46 heavy (non-hydrogen) atoms. The molecule has 13 nitrogen and oxygen atoms in total. The van der Waals surface area contributed by atoms with Crippen molar-refractivity contribution in [3.63, 3.8) is 0 Å². The van der Waals surface area contributed by atoms with E-state index in [9.17, 15) is 25.3 Å². The molecule has 2 aromatic heterocycles. The van der Waals surface area contributed by atoms with E-state index >= 15 is 0 Å². The highest BCUT2D eigenvalue weighted by Crippen LogP contribution is 2.39. The maximum atomic E-state index is 9.19. The lowest BCUT2D eigenvalue weighted by molar-refractivity contribution is 0.488. The maximum absolute atomic E-state index is 9.19. The van der Waals surface area contributed by atoms with E-state index in [1.54, 1.807) is 11.3 Å². The molecule has 0 bridgehead atoms. The van der Waals surface area contributed by atoms with E-state index in [1.165, 1.54) is 5.56 Å². The summed E-state index contributed by atoms with van der Waals surface area (Å²) in [5.74, 6) is 1.69. The molecular weight excluding hydrogens is 677 g/mol. The Balaban J connectivity index is 0.000000411. The summed E-state index contributed by atoms with van der Waals surface area (Å²) in [5.41, 5.74) is 5.34. The van der Waals surface area contributed by atoms with Crippen molar-refractivity contribution in [1.82, 2.24) is 9.97 Å². The van der Waals surface area contributed by atoms with Gasteiger partial charge in [0.05, 0.1) is 29.0 Å². The summed E-state index contributed by atoms with van der Waals surface area (Å²) in [6, 6.07) is 30.8. The van der Waals surface area contributed by atoms with Crippen LogP contribution >= 0.6 is 11.3 Å². The number of pyridine rings is 1. The Labute approximate surface area is 272 Å². The topological polar surface area (TPSA) is 204 Å². The van der Waals surface area contributed by atoms with Gasteiger partial charge in [0, 0.05) is 11.4 Å². The van der Waals surface area contributed by atoms with Crippen LogP contribution in [0.15, 0.2) is 91.0 Å². The van der Waals surface area contributed by atoms with Crippen molar-refractivity contribution in [1.29, 1.82) is 0 Å². The number of thiazole rings is 1. The van der Waals surface area contributed by atoms with Crippen molar-refractivity contribution < 1.29 is 38.9 Å². The number of rotatable bonds is 5. The number of aryl methyl sites for hydroxylation is 1. The van der Waals surface area contributed by atoms with Gasteiger partial charge in [-0.25, -0.2) is 9.97 Å². The zero-order valence-corrected chi connectivity index (χ0v) is 28.7. The fourth-order valence-electron chi connectivity index (χ4n) is 3.49. The number of aromatic nitrogens is 2. The molecule has 0 unspecified atom stereocenters. The van der Waals surface area contributed by atoms with Gasteiger partial charge in [0.25, 0.3) is 30.4 Å². The quantitative estimate of drug-likeness (QED) is 0.154. The maximum Gasteiger partial charge on any atom is 0.261 e. The lowest BCUT2D eigenvalue weighted by atomic mass is 10.1. The van der Waals surface area contributed by atoms with Crippen LogP contribution in [0.2, 0.25) is 0 Å². The molecule has 0 amide bonds. The van der Waals surface area contributed by atoms with Crippen LogP contribution < -0.4 is 10.2 Å². The fourth-order valence-corrected chi connectivity index (χ4v) is 4.48. The lowest BCUT2D eigenvalue weighted by Gasteiger charge is -2.23. The van der Waals surface area contributed by atoms with Gasteiger partial charge in [0.15, 0.2) is 5.13 Å². The van der Waals surface area contributed by atoms with Gasteiger partial charge >= 0.3 is 0 Å².